The molecule has 2 bridgehead atoms. The predicted octanol–water partition coefficient (Wildman–Crippen LogP) is 8.65. The van der Waals surface area contributed by atoms with Crippen molar-refractivity contribution in [2.75, 3.05) is 63.9 Å². The molecule has 14 atom stereocenters. The number of unbranched alkanes of at least 4 members (excludes halogenated alkanes) is 2. The number of ketones is 3. The zero-order chi connectivity index (χ0) is 78.5. The number of aromatic amines is 1. The Kier molecular flexibility index (Phi) is 23.0. The summed E-state index contributed by atoms with van der Waals surface area (Å²) < 4.78 is 14.0. The van der Waals surface area contributed by atoms with Gasteiger partial charge in [-0.2, -0.15) is 0 Å². The number of imide groups is 1. The number of esters is 1. The number of ether oxygens (including phenoxy) is 1. The average Bonchev–Trinajstić information content (AvgIpc) is 1.46. The van der Waals surface area contributed by atoms with Crippen molar-refractivity contribution in [3.8, 4) is 0 Å². The zero-order valence-corrected chi connectivity index (χ0v) is 64.5. The Bertz CT molecular complexity index is 4730. The van der Waals surface area contributed by atoms with E-state index in [-0.39, 0.29) is 113 Å². The third-order valence-electron chi connectivity index (χ3n) is 26.3. The number of piperidine rings is 1. The molecule has 5 amide bonds. The molecule has 9 aliphatic rings. The molecule has 592 valence electrons. The normalized spacial score (nSPS) is 30.0. The Balaban J connectivity index is 0.0000110. The van der Waals surface area contributed by atoms with E-state index in [0.29, 0.717) is 125 Å². The molecule has 0 radical (unpaired) electrons. The van der Waals surface area contributed by atoms with Gasteiger partial charge < -0.3 is 40.2 Å². The number of Topliss-reactive ketones (excluding diaryl/α,β-unsaturated/α-hetero) is 2. The minimum atomic E-state index is -2.35. The van der Waals surface area contributed by atoms with Crippen molar-refractivity contribution in [2.24, 2.45) is 35.0 Å². The van der Waals surface area contributed by atoms with Crippen molar-refractivity contribution < 1.29 is 72.1 Å². The number of carbonyl (C=O) groups excluding carboxylic acids is 10. The summed E-state index contributed by atoms with van der Waals surface area (Å²) in [5, 5.41) is 48.0. The van der Waals surface area contributed by atoms with Gasteiger partial charge in [0.05, 0.1) is 62.3 Å². The Morgan fingerprint density at radius 3 is 2.33 bits per heavy atom. The Morgan fingerprint density at radius 1 is 0.875 bits per heavy atom. The van der Waals surface area contributed by atoms with Gasteiger partial charge >= 0.3 is 11.9 Å². The summed E-state index contributed by atoms with van der Waals surface area (Å²) >= 11 is 0. The molecule has 5 N–H and O–H groups in total. The lowest BCUT2D eigenvalue weighted by Crippen LogP contribution is -2.81. The van der Waals surface area contributed by atoms with Gasteiger partial charge in [0, 0.05) is 120 Å². The molecule has 24 nitrogen and oxygen atoms in total. The van der Waals surface area contributed by atoms with Gasteiger partial charge in [0.2, 0.25) is 35.8 Å². The minimum absolute atomic E-state index is 0. The van der Waals surface area contributed by atoms with Crippen LogP contribution in [0, 0.1) is 41.9 Å². The summed E-state index contributed by atoms with van der Waals surface area (Å²) in [6.07, 6.45) is 25.2. The van der Waals surface area contributed by atoms with Gasteiger partial charge in [0.15, 0.2) is 17.5 Å². The number of para-hydroxylation sites is 1. The highest BCUT2D eigenvalue weighted by Crippen LogP contribution is 2.68. The number of anilines is 1. The van der Waals surface area contributed by atoms with E-state index in [0.717, 1.165) is 50.0 Å². The summed E-state index contributed by atoms with van der Waals surface area (Å²) in [6.45, 7) is 17.1. The van der Waals surface area contributed by atoms with Crippen LogP contribution in [0.5, 0.6) is 0 Å². The monoisotopic (exact) mass is 1530 g/mol. The number of aryl methyl sites for hydroxylation is 2. The summed E-state index contributed by atoms with van der Waals surface area (Å²) in [5.74, 6) is -3.81. The second-order valence-corrected chi connectivity index (χ2v) is 32.7. The van der Waals surface area contributed by atoms with Crippen LogP contribution in [0.15, 0.2) is 140 Å². The lowest BCUT2D eigenvalue weighted by atomic mass is 9.47. The van der Waals surface area contributed by atoms with Crippen molar-refractivity contribution >= 4 is 82.0 Å². The maximum absolute atomic E-state index is 15.9. The van der Waals surface area contributed by atoms with Crippen LogP contribution in [0.4, 0.5) is 5.69 Å². The number of aliphatic hydroxyl groups is 3. The first-order valence-corrected chi connectivity index (χ1v) is 39.7. The lowest BCUT2D eigenvalue weighted by molar-refractivity contribution is -0.896. The number of amides is 5. The summed E-state index contributed by atoms with van der Waals surface area (Å²) in [6, 6.07) is 20.4. The van der Waals surface area contributed by atoms with E-state index in [1.54, 1.807) is 31.3 Å². The molecule has 8 heterocycles. The summed E-state index contributed by atoms with van der Waals surface area (Å²) in [5.41, 5.74) is 0.638. The third kappa shape index (κ3) is 14.2. The zero-order valence-electron chi connectivity index (χ0n) is 64.5. The molecule has 3 aliphatic carbocycles. The van der Waals surface area contributed by atoms with Crippen LogP contribution >= 0.6 is 0 Å². The molecule has 3 aromatic carbocycles. The number of rotatable bonds is 27. The van der Waals surface area contributed by atoms with E-state index in [1.165, 1.54) is 33.2 Å². The highest BCUT2D eigenvalue weighted by molar-refractivity contribution is 6.06. The van der Waals surface area contributed by atoms with Gasteiger partial charge in [-0.1, -0.05) is 118 Å². The van der Waals surface area contributed by atoms with Crippen molar-refractivity contribution in [3.05, 3.63) is 179 Å². The van der Waals surface area contributed by atoms with E-state index in [1.807, 2.05) is 106 Å². The smallest absolute Gasteiger partial charge is 0.458 e. The molecule has 5 aromatic rings. The van der Waals surface area contributed by atoms with Crippen LogP contribution in [0.1, 0.15) is 158 Å². The number of allylic oxidation sites excluding steroid dienone is 7. The van der Waals surface area contributed by atoms with Crippen molar-refractivity contribution in [1.82, 2.24) is 40.0 Å². The number of carbonyl (C=O) groups is 9. The number of nitrogens with one attached hydrogen (secondary N) is 2. The van der Waals surface area contributed by atoms with Crippen LogP contribution in [0.3, 0.4) is 0 Å². The molecule has 2 unspecified atom stereocenters. The number of nitrogens with zero attached hydrogens (tertiary/aromatic N) is 8. The fourth-order valence-corrected chi connectivity index (χ4v) is 21.5. The average molecular weight is 1530 g/mol. The Morgan fingerprint density at radius 2 is 1.62 bits per heavy atom. The van der Waals surface area contributed by atoms with Crippen molar-refractivity contribution in [2.45, 2.75) is 186 Å². The molecule has 24 heteroatoms. The standard InChI is InChI=1S/C87H103N10O14.CH4/c1-8-62-45-63(28-25-59-20-13-11-14-21-59)76-75(62)78(106)95(79(76)107)38-18-12-15-24-73(104)93(39-31-72(103)88-36-43-98)49-64-50-94(91-90-64)40-32-74(105)111-65-29-26-60(27-30-65)51-97-42-33-67-66-22-16-17-23-70(66)89-77(67)86(56(5)100,48-61(52-97)47-83(108,9-2)53-97)68-46-69-71(44-55(68)4)96(54-99)81-85(69)35-41-92-37-19-34-84(10-3,80(85)92)82(110-58(7)102)87(81,109)57(6)101;/h8,11,13-14,16-17,19-23,25-30,34,44,46,50-51,54,61-63,75-76,80-82,89,98,108-109H,1,9-10,12,15,18,24,31-33,35-43,45,47-49,52-53H2,2-7H3;1H4/q+1;/p+1/b28-25+;/t61-,62?,63?,75+,76-,80-,81+,82+,83-,84+,85+,86-,87-,97-;/m0./s1. The van der Waals surface area contributed by atoms with Crippen LogP contribution in [-0.2, 0) is 82.7 Å². The molecular formula is C88H108N10O14+2. The number of benzene rings is 3. The Labute approximate surface area is 654 Å². The first-order valence-electron chi connectivity index (χ1n) is 39.7. The van der Waals surface area contributed by atoms with Gasteiger partial charge in [-0.05, 0) is 143 Å². The second-order valence-electron chi connectivity index (χ2n) is 32.7. The number of aliphatic hydroxyl groups excluding tert-OH is 1. The van der Waals surface area contributed by atoms with Crippen LogP contribution in [-0.4, -0.2) is 202 Å². The number of hydrogen-bond donors (Lipinski definition) is 5. The van der Waals surface area contributed by atoms with Gasteiger partial charge in [-0.25, -0.2) is 0 Å². The molecule has 14 rings (SSSR count). The number of fused-ring (bicyclic) bond motifs is 7. The molecule has 6 aliphatic heterocycles. The van der Waals surface area contributed by atoms with Crippen molar-refractivity contribution in [1.29, 1.82) is 0 Å². The molecule has 2 saturated carbocycles. The van der Waals surface area contributed by atoms with Crippen LogP contribution in [0.2, 0.25) is 0 Å². The molecule has 5 fully saturated rings. The summed E-state index contributed by atoms with van der Waals surface area (Å²) in [4.78, 5) is 136. The Hall–Kier alpha value is -9.72. The molecule has 3 saturated heterocycles. The number of quaternary nitrogens is 1. The third-order valence-corrected chi connectivity index (χ3v) is 26.3. The minimum Gasteiger partial charge on any atom is -0.458 e. The highest BCUT2D eigenvalue weighted by atomic mass is 16.6. The highest BCUT2D eigenvalue weighted by Gasteiger charge is 2.80. The molecule has 1 spiro atoms. The van der Waals surface area contributed by atoms with E-state index >= 15 is 4.79 Å². The maximum Gasteiger partial charge on any atom is 0.582 e. The predicted molar refractivity (Wildman–Crippen MR) is 422 cm³/mol. The molecule has 112 heavy (non-hydrogen) atoms. The van der Waals surface area contributed by atoms with Gasteiger partial charge in [0.25, 0.3) is 0 Å². The maximum atomic E-state index is 15.9. The van der Waals surface area contributed by atoms with Gasteiger partial charge in [-0.15, -0.1) is 11.7 Å². The first-order chi connectivity index (χ1) is 53.3. The van der Waals surface area contributed by atoms with Crippen molar-refractivity contribution in [3.63, 3.8) is 0 Å². The number of aromatic nitrogens is 4. The molecular weight excluding hydrogens is 1420 g/mol. The van der Waals surface area contributed by atoms with E-state index in [4.69, 9.17) is 9.16 Å². The van der Waals surface area contributed by atoms with Crippen LogP contribution < -0.4 is 10.2 Å². The lowest BCUT2D eigenvalue weighted by Gasteiger charge is -2.63. The second kappa shape index (κ2) is 32.0. The fraction of sp³-hybridized carbons (Fsp3) is 0.500. The quantitative estimate of drug-likeness (QED) is 0.00625. The van der Waals surface area contributed by atoms with Crippen LogP contribution in [0.25, 0.3) is 17.0 Å². The van der Waals surface area contributed by atoms with E-state index in [9.17, 15) is 53.7 Å². The summed E-state index contributed by atoms with van der Waals surface area (Å²) in [7, 11) is 0. The van der Waals surface area contributed by atoms with E-state index < -0.39 is 75.2 Å². The molecule has 2 aromatic heterocycles. The van der Waals surface area contributed by atoms with Gasteiger partial charge in [-0.3, -0.25) is 61.7 Å². The SMILES string of the molecule is C.C=CC1CC(/C=C/c2ccccc2)[C@@H]2C(=O)N(CCCCCC(=O)N(CCC(=O)NCCO)Cc3cn(CCC(=O)[O+]=C4C=CC(=C[N@+]56CCc7c([nH]c8ccccc78)[C@@](C(C)=O)(c7cc8c(cc7C)N(C=O)[C@H]7[C@@](O)(C(C)=O)[C@H](OC(C)=O)[C@]9(CC)C=CCN%10CC[C@]87[C@@H]%109)C[C@H](C[C@@](O)(CC)C5)C6)C=C4)nn3)C(=O)[C@H]12. The largest absolute Gasteiger partial charge is 0.582 e. The number of H-pyrrole nitrogens is 1. The fourth-order valence-electron chi connectivity index (χ4n) is 21.5. The topological polar surface area (TPSA) is 306 Å². The first kappa shape index (κ1) is 80.3. The number of hydrogen-bond acceptors (Lipinski definition) is 16. The number of likely N-dealkylation sites (tertiary alicyclic amines) is 1. The van der Waals surface area contributed by atoms with Gasteiger partial charge in [0.1, 0.15) is 36.2 Å². The van der Waals surface area contributed by atoms with E-state index in [2.05, 4.69) is 56.5 Å².